The summed E-state index contributed by atoms with van der Waals surface area (Å²) in [6, 6.07) is 22.0. The number of carbonyl (C=O) groups is 1. The van der Waals surface area contributed by atoms with Gasteiger partial charge in [0.05, 0.1) is 15.7 Å². The molecule has 0 aliphatic carbocycles. The molecule has 0 unspecified atom stereocenters. The fourth-order valence-electron chi connectivity index (χ4n) is 2.31. The lowest BCUT2D eigenvalue weighted by molar-refractivity contribution is 0.103. The molecule has 0 saturated heterocycles. The van der Waals surface area contributed by atoms with Crippen LogP contribution in [0.1, 0.15) is 15.9 Å². The van der Waals surface area contributed by atoms with E-state index in [1.54, 1.807) is 66.7 Å². The molecule has 0 bridgehead atoms. The molecule has 4 nitrogen and oxygen atoms in total. The van der Waals surface area contributed by atoms with Crippen LogP contribution in [0.5, 0.6) is 0 Å². The number of hydrogen-bond donors (Lipinski definition) is 1. The Labute approximate surface area is 166 Å². The number of rotatable bonds is 5. The maximum absolute atomic E-state index is 12.9. The van der Waals surface area contributed by atoms with Gasteiger partial charge in [0, 0.05) is 11.1 Å². The summed E-state index contributed by atoms with van der Waals surface area (Å²) in [6.07, 6.45) is 0. The van der Waals surface area contributed by atoms with E-state index in [4.69, 9.17) is 23.2 Å². The van der Waals surface area contributed by atoms with Crippen LogP contribution in [0.3, 0.4) is 0 Å². The number of carbonyl (C=O) groups excluding carboxylic acids is 1. The van der Waals surface area contributed by atoms with Crippen LogP contribution in [0.25, 0.3) is 5.76 Å². The third-order valence-corrected chi connectivity index (χ3v) is 4.43. The molecule has 0 radical (unpaired) electrons. The van der Waals surface area contributed by atoms with Crippen LogP contribution < -0.4 is 0 Å². The van der Waals surface area contributed by atoms with Crippen molar-refractivity contribution in [2.45, 2.75) is 0 Å². The van der Waals surface area contributed by atoms with Crippen LogP contribution in [0, 0.1) is 0 Å². The van der Waals surface area contributed by atoms with Gasteiger partial charge in [-0.15, -0.1) is 5.11 Å². The molecule has 0 spiro atoms. The molecule has 1 N–H and O–H groups in total. The zero-order valence-corrected chi connectivity index (χ0v) is 15.5. The van der Waals surface area contributed by atoms with Crippen molar-refractivity contribution in [3.05, 3.63) is 106 Å². The fraction of sp³-hybridized carbons (Fsp3) is 0. The van der Waals surface area contributed by atoms with Crippen molar-refractivity contribution in [2.75, 3.05) is 0 Å². The van der Waals surface area contributed by atoms with Gasteiger partial charge in [-0.05, 0) is 18.2 Å². The highest BCUT2D eigenvalue weighted by atomic mass is 35.5. The number of halogens is 2. The Morgan fingerprint density at radius 2 is 1.37 bits per heavy atom. The summed E-state index contributed by atoms with van der Waals surface area (Å²) < 4.78 is 0. The molecule has 0 fully saturated rings. The average Bonchev–Trinajstić information content (AvgIpc) is 2.71. The molecule has 3 rings (SSSR count). The zero-order valence-electron chi connectivity index (χ0n) is 14.0. The first-order valence-electron chi connectivity index (χ1n) is 8.01. The molecule has 134 valence electrons. The Morgan fingerprint density at radius 1 is 0.778 bits per heavy atom. The highest BCUT2D eigenvalue weighted by Gasteiger charge is 2.18. The number of Topliss-reactive ketones (excluding diaryl/α,β-unsaturated/α-hetero) is 1. The van der Waals surface area contributed by atoms with Crippen LogP contribution in [0.2, 0.25) is 10.0 Å². The predicted molar refractivity (Wildman–Crippen MR) is 108 cm³/mol. The van der Waals surface area contributed by atoms with Gasteiger partial charge in [0.1, 0.15) is 0 Å². The molecule has 0 aliphatic heterocycles. The molecular formula is C21H14Cl2N2O2. The van der Waals surface area contributed by atoms with Gasteiger partial charge in [-0.25, -0.2) is 0 Å². The van der Waals surface area contributed by atoms with Gasteiger partial charge in [0.2, 0.25) is 5.78 Å². The molecule has 0 aromatic heterocycles. The topological polar surface area (TPSA) is 62.0 Å². The van der Waals surface area contributed by atoms with Gasteiger partial charge < -0.3 is 5.11 Å². The van der Waals surface area contributed by atoms with Crippen molar-refractivity contribution in [3.63, 3.8) is 0 Å². The third-order valence-electron chi connectivity index (χ3n) is 3.69. The van der Waals surface area contributed by atoms with Gasteiger partial charge in [-0.1, -0.05) is 83.9 Å². The maximum atomic E-state index is 12.9. The number of aliphatic hydroxyl groups excluding tert-OH is 1. The quantitative estimate of drug-likeness (QED) is 0.221. The number of hydrogen-bond acceptors (Lipinski definition) is 4. The van der Waals surface area contributed by atoms with Gasteiger partial charge in [-0.3, -0.25) is 4.79 Å². The van der Waals surface area contributed by atoms with Crippen molar-refractivity contribution in [3.8, 4) is 0 Å². The van der Waals surface area contributed by atoms with Gasteiger partial charge in [0.15, 0.2) is 11.5 Å². The van der Waals surface area contributed by atoms with Crippen molar-refractivity contribution >= 4 is 40.4 Å². The Kier molecular flexibility index (Phi) is 6.01. The second-order valence-corrected chi connectivity index (χ2v) is 6.37. The van der Waals surface area contributed by atoms with E-state index in [0.717, 1.165) is 0 Å². The summed E-state index contributed by atoms with van der Waals surface area (Å²) in [6.45, 7) is 0. The lowest BCUT2D eigenvalue weighted by atomic mass is 10.1. The molecule has 0 atom stereocenters. The molecule has 0 heterocycles. The monoisotopic (exact) mass is 396 g/mol. The summed E-state index contributed by atoms with van der Waals surface area (Å²) in [7, 11) is 0. The molecule has 3 aromatic carbocycles. The number of benzene rings is 3. The van der Waals surface area contributed by atoms with E-state index >= 15 is 0 Å². The lowest BCUT2D eigenvalue weighted by Crippen LogP contribution is -2.04. The largest absolute Gasteiger partial charge is 0.505 e. The molecule has 6 heteroatoms. The Morgan fingerprint density at radius 3 is 1.96 bits per heavy atom. The Hall–Kier alpha value is -2.95. The lowest BCUT2D eigenvalue weighted by Gasteiger charge is -2.06. The molecule has 3 aromatic rings. The minimum Gasteiger partial charge on any atom is -0.505 e. The summed E-state index contributed by atoms with van der Waals surface area (Å²) in [5.74, 6) is -0.700. The van der Waals surface area contributed by atoms with Crippen LogP contribution >= 0.6 is 23.2 Å². The molecule has 0 amide bonds. The summed E-state index contributed by atoms with van der Waals surface area (Å²) >= 11 is 11.9. The van der Waals surface area contributed by atoms with Gasteiger partial charge in [-0.2, -0.15) is 5.11 Å². The highest BCUT2D eigenvalue weighted by Crippen LogP contribution is 2.28. The molecule has 0 saturated carbocycles. The van der Waals surface area contributed by atoms with Crippen molar-refractivity contribution in [1.82, 2.24) is 0 Å². The van der Waals surface area contributed by atoms with Gasteiger partial charge >= 0.3 is 0 Å². The van der Waals surface area contributed by atoms with E-state index in [2.05, 4.69) is 10.2 Å². The standard InChI is InChI=1S/C21H14Cl2N2O2/c22-17-12-11-16(13-18(17)23)24-25-19(20(26)14-7-3-1-4-8-14)21(27)15-9-5-2-6-10-15/h1-13,26H/b20-19+,25-24?. The van der Waals surface area contributed by atoms with E-state index in [-0.39, 0.29) is 11.5 Å². The van der Waals surface area contributed by atoms with E-state index in [9.17, 15) is 9.90 Å². The van der Waals surface area contributed by atoms with Crippen molar-refractivity contribution < 1.29 is 9.90 Å². The second-order valence-electron chi connectivity index (χ2n) is 5.56. The molecular weight excluding hydrogens is 383 g/mol. The number of nitrogens with zero attached hydrogens (tertiary/aromatic N) is 2. The van der Waals surface area contributed by atoms with Crippen molar-refractivity contribution in [1.29, 1.82) is 0 Å². The van der Waals surface area contributed by atoms with Crippen LogP contribution in [0.15, 0.2) is 94.8 Å². The molecule has 27 heavy (non-hydrogen) atoms. The Balaban J connectivity index is 2.06. The summed E-state index contributed by atoms with van der Waals surface area (Å²) in [4.78, 5) is 12.9. The SMILES string of the molecule is O=C(/C(N=Nc1ccc(Cl)c(Cl)c1)=C(\O)c1ccccc1)c1ccccc1. The third kappa shape index (κ3) is 4.61. The van der Waals surface area contributed by atoms with E-state index in [1.807, 2.05) is 6.07 Å². The first kappa shape index (κ1) is 18.8. The van der Waals surface area contributed by atoms with Crippen LogP contribution in [0.4, 0.5) is 5.69 Å². The maximum Gasteiger partial charge on any atom is 0.217 e. The van der Waals surface area contributed by atoms with Crippen molar-refractivity contribution in [2.24, 2.45) is 10.2 Å². The minimum atomic E-state index is -0.444. The number of allylic oxidation sites excluding steroid dienone is 1. The number of aliphatic hydroxyl groups is 1. The summed E-state index contributed by atoms with van der Waals surface area (Å²) in [5, 5.41) is 19.4. The van der Waals surface area contributed by atoms with E-state index in [0.29, 0.717) is 26.9 Å². The highest BCUT2D eigenvalue weighted by molar-refractivity contribution is 6.42. The van der Waals surface area contributed by atoms with E-state index in [1.165, 1.54) is 6.07 Å². The molecule has 0 aliphatic rings. The first-order valence-corrected chi connectivity index (χ1v) is 8.77. The number of ketones is 1. The van der Waals surface area contributed by atoms with E-state index < -0.39 is 5.78 Å². The summed E-state index contributed by atoms with van der Waals surface area (Å²) in [5.41, 5.74) is 1.09. The number of azo groups is 1. The second kappa shape index (κ2) is 8.62. The predicted octanol–water partition coefficient (Wildman–Crippen LogP) is 6.89. The fourth-order valence-corrected chi connectivity index (χ4v) is 2.61. The first-order chi connectivity index (χ1) is 13.1. The van der Waals surface area contributed by atoms with Gasteiger partial charge in [0.25, 0.3) is 0 Å². The minimum absolute atomic E-state index is 0.168. The van der Waals surface area contributed by atoms with Crippen LogP contribution in [-0.4, -0.2) is 10.9 Å². The normalized spacial score (nSPS) is 12.1. The smallest absolute Gasteiger partial charge is 0.217 e. The van der Waals surface area contributed by atoms with Crippen LogP contribution in [-0.2, 0) is 0 Å². The zero-order chi connectivity index (χ0) is 19.2. The Bertz CT molecular complexity index is 1020. The average molecular weight is 397 g/mol.